The maximum atomic E-state index is 13.0. The molecule has 166 valence electrons. The normalized spacial score (nSPS) is 12.9. The van der Waals surface area contributed by atoms with E-state index >= 15 is 0 Å². The number of hydrogen-bond acceptors (Lipinski definition) is 4. The molecule has 3 aromatic rings. The molecule has 0 saturated carbocycles. The Kier molecular flexibility index (Phi) is 6.20. The van der Waals surface area contributed by atoms with Crippen LogP contribution in [0.4, 0.5) is 4.39 Å². The number of rotatable bonds is 6. The molecule has 0 bridgehead atoms. The van der Waals surface area contributed by atoms with Gasteiger partial charge in [-0.3, -0.25) is 14.3 Å². The van der Waals surface area contributed by atoms with Gasteiger partial charge >= 0.3 is 0 Å². The molecule has 7 nitrogen and oxygen atoms in total. The Bertz CT molecular complexity index is 1140. The molecule has 8 heteroatoms. The van der Waals surface area contributed by atoms with Crippen LogP contribution < -0.4 is 10.1 Å². The molecule has 2 heterocycles. The summed E-state index contributed by atoms with van der Waals surface area (Å²) in [6, 6.07) is 13.5. The molecular formula is C24H25FN4O3. The van der Waals surface area contributed by atoms with Gasteiger partial charge in [-0.05, 0) is 36.8 Å². The molecule has 1 aromatic heterocycles. The second-order valence-corrected chi connectivity index (χ2v) is 7.88. The van der Waals surface area contributed by atoms with E-state index in [0.29, 0.717) is 37.5 Å². The standard InChI is InChI=1S/C24H25FN4O3/c1-16-4-3-5-17(12-16)13-26-24(31)23-20-14-29(11-10-21(20)28(2)27-23)22(30)15-32-19-8-6-18(25)7-9-19/h3-9,12H,10-11,13-15H2,1-2H3,(H,26,31). The van der Waals surface area contributed by atoms with E-state index in [2.05, 4.69) is 10.4 Å². The molecule has 0 atom stereocenters. The molecule has 0 spiro atoms. The zero-order valence-corrected chi connectivity index (χ0v) is 18.1. The smallest absolute Gasteiger partial charge is 0.272 e. The lowest BCUT2D eigenvalue weighted by Crippen LogP contribution is -2.39. The number of benzene rings is 2. The van der Waals surface area contributed by atoms with Crippen LogP contribution in [0.25, 0.3) is 0 Å². The fraction of sp³-hybridized carbons (Fsp3) is 0.292. The predicted molar refractivity (Wildman–Crippen MR) is 117 cm³/mol. The summed E-state index contributed by atoms with van der Waals surface area (Å²) < 4.78 is 20.2. The third kappa shape index (κ3) is 4.80. The van der Waals surface area contributed by atoms with Crippen molar-refractivity contribution in [1.82, 2.24) is 20.0 Å². The highest BCUT2D eigenvalue weighted by Gasteiger charge is 2.29. The summed E-state index contributed by atoms with van der Waals surface area (Å²) in [4.78, 5) is 27.2. The van der Waals surface area contributed by atoms with Gasteiger partial charge < -0.3 is 15.0 Å². The summed E-state index contributed by atoms with van der Waals surface area (Å²) in [6.45, 7) is 3.06. The van der Waals surface area contributed by atoms with Gasteiger partial charge in [0.1, 0.15) is 11.6 Å². The molecule has 4 rings (SSSR count). The van der Waals surface area contributed by atoms with Crippen molar-refractivity contribution in [3.63, 3.8) is 0 Å². The number of aromatic nitrogens is 2. The molecule has 2 aromatic carbocycles. The summed E-state index contributed by atoms with van der Waals surface area (Å²) in [7, 11) is 1.81. The van der Waals surface area contributed by atoms with Gasteiger partial charge in [0.15, 0.2) is 12.3 Å². The Morgan fingerprint density at radius 3 is 2.72 bits per heavy atom. The SMILES string of the molecule is Cc1cccc(CNC(=O)c2nn(C)c3c2CN(C(=O)COc2ccc(F)cc2)CC3)c1. The van der Waals surface area contributed by atoms with Gasteiger partial charge in [-0.15, -0.1) is 0 Å². The summed E-state index contributed by atoms with van der Waals surface area (Å²) in [6.07, 6.45) is 0.603. The van der Waals surface area contributed by atoms with Crippen molar-refractivity contribution in [2.75, 3.05) is 13.2 Å². The van der Waals surface area contributed by atoms with Crippen LogP contribution >= 0.6 is 0 Å². The van der Waals surface area contributed by atoms with Crippen molar-refractivity contribution < 1.29 is 18.7 Å². The van der Waals surface area contributed by atoms with Crippen LogP contribution in [0.1, 0.15) is 32.9 Å². The van der Waals surface area contributed by atoms with E-state index in [1.807, 2.05) is 38.2 Å². The number of aryl methyl sites for hydroxylation is 2. The molecule has 0 aliphatic carbocycles. The number of fused-ring (bicyclic) bond motifs is 1. The molecule has 1 aliphatic heterocycles. The van der Waals surface area contributed by atoms with Crippen molar-refractivity contribution in [3.05, 3.63) is 82.4 Å². The quantitative estimate of drug-likeness (QED) is 0.645. The molecule has 0 radical (unpaired) electrons. The van der Waals surface area contributed by atoms with Gasteiger partial charge in [-0.1, -0.05) is 29.8 Å². The van der Waals surface area contributed by atoms with Crippen molar-refractivity contribution in [2.45, 2.75) is 26.4 Å². The van der Waals surface area contributed by atoms with E-state index in [1.54, 1.807) is 9.58 Å². The number of nitrogens with one attached hydrogen (secondary N) is 1. The van der Waals surface area contributed by atoms with Gasteiger partial charge in [0.2, 0.25) is 0 Å². The summed E-state index contributed by atoms with van der Waals surface area (Å²) in [5.41, 5.74) is 4.19. The lowest BCUT2D eigenvalue weighted by molar-refractivity contribution is -0.134. The number of halogens is 1. The minimum Gasteiger partial charge on any atom is -0.484 e. The average Bonchev–Trinajstić information content (AvgIpc) is 3.13. The number of nitrogens with zero attached hydrogens (tertiary/aromatic N) is 3. The molecular weight excluding hydrogens is 411 g/mol. The monoisotopic (exact) mass is 436 g/mol. The van der Waals surface area contributed by atoms with Crippen LogP contribution in [0, 0.1) is 12.7 Å². The summed E-state index contributed by atoms with van der Waals surface area (Å²) in [5, 5.41) is 7.35. The Labute approximate surface area is 185 Å². The molecule has 2 amide bonds. The van der Waals surface area contributed by atoms with Crippen LogP contribution in [-0.4, -0.2) is 39.6 Å². The number of amides is 2. The Morgan fingerprint density at radius 1 is 1.19 bits per heavy atom. The van der Waals surface area contributed by atoms with Gasteiger partial charge in [-0.2, -0.15) is 5.10 Å². The highest BCUT2D eigenvalue weighted by Crippen LogP contribution is 2.23. The zero-order valence-electron chi connectivity index (χ0n) is 18.1. The minimum atomic E-state index is -0.364. The van der Waals surface area contributed by atoms with Crippen LogP contribution in [0.5, 0.6) is 5.75 Å². The topological polar surface area (TPSA) is 76.5 Å². The van der Waals surface area contributed by atoms with Crippen LogP contribution in [0.15, 0.2) is 48.5 Å². The van der Waals surface area contributed by atoms with Crippen LogP contribution in [0.3, 0.4) is 0 Å². The molecule has 0 fully saturated rings. The second kappa shape index (κ2) is 9.21. The van der Waals surface area contributed by atoms with Crippen molar-refractivity contribution in [3.8, 4) is 5.75 Å². The fourth-order valence-corrected chi connectivity index (χ4v) is 3.84. The van der Waals surface area contributed by atoms with Gasteiger partial charge in [0.05, 0.1) is 0 Å². The first kappa shape index (κ1) is 21.5. The van der Waals surface area contributed by atoms with Gasteiger partial charge in [0.25, 0.3) is 11.8 Å². The van der Waals surface area contributed by atoms with Crippen molar-refractivity contribution in [2.24, 2.45) is 7.05 Å². The lowest BCUT2D eigenvalue weighted by atomic mass is 10.0. The maximum absolute atomic E-state index is 13.0. The molecule has 1 N–H and O–H groups in total. The van der Waals surface area contributed by atoms with Gasteiger partial charge in [0, 0.05) is 44.4 Å². The maximum Gasteiger partial charge on any atom is 0.272 e. The molecule has 1 aliphatic rings. The average molecular weight is 436 g/mol. The number of hydrogen-bond donors (Lipinski definition) is 1. The fourth-order valence-electron chi connectivity index (χ4n) is 3.84. The molecule has 0 saturated heterocycles. The van der Waals surface area contributed by atoms with E-state index in [9.17, 15) is 14.0 Å². The predicted octanol–water partition coefficient (Wildman–Crippen LogP) is 2.76. The zero-order chi connectivity index (χ0) is 22.7. The third-order valence-corrected chi connectivity index (χ3v) is 5.52. The Hall–Kier alpha value is -3.68. The van der Waals surface area contributed by atoms with E-state index < -0.39 is 0 Å². The van der Waals surface area contributed by atoms with Crippen molar-refractivity contribution >= 4 is 11.8 Å². The molecule has 32 heavy (non-hydrogen) atoms. The van der Waals surface area contributed by atoms with Crippen LogP contribution in [0.2, 0.25) is 0 Å². The second-order valence-electron chi connectivity index (χ2n) is 7.88. The number of carbonyl (C=O) groups excluding carboxylic acids is 2. The highest BCUT2D eigenvalue weighted by atomic mass is 19.1. The molecule has 0 unspecified atom stereocenters. The number of carbonyl (C=O) groups is 2. The Balaban J connectivity index is 1.41. The third-order valence-electron chi connectivity index (χ3n) is 5.52. The number of ether oxygens (including phenoxy) is 1. The lowest BCUT2D eigenvalue weighted by Gasteiger charge is -2.27. The minimum absolute atomic E-state index is 0.157. The van der Waals surface area contributed by atoms with Crippen LogP contribution in [-0.2, 0) is 31.4 Å². The van der Waals surface area contributed by atoms with Gasteiger partial charge in [-0.25, -0.2) is 4.39 Å². The first-order valence-corrected chi connectivity index (χ1v) is 10.5. The summed E-state index contributed by atoms with van der Waals surface area (Å²) in [5.74, 6) is -0.401. The largest absolute Gasteiger partial charge is 0.484 e. The highest BCUT2D eigenvalue weighted by molar-refractivity contribution is 5.94. The summed E-state index contributed by atoms with van der Waals surface area (Å²) >= 11 is 0. The van der Waals surface area contributed by atoms with E-state index in [0.717, 1.165) is 22.4 Å². The van der Waals surface area contributed by atoms with E-state index in [-0.39, 0.29) is 24.2 Å². The Morgan fingerprint density at radius 2 is 1.97 bits per heavy atom. The van der Waals surface area contributed by atoms with Crippen molar-refractivity contribution in [1.29, 1.82) is 0 Å². The van der Waals surface area contributed by atoms with E-state index in [4.69, 9.17) is 4.74 Å². The first-order chi connectivity index (χ1) is 15.4. The van der Waals surface area contributed by atoms with E-state index in [1.165, 1.54) is 24.3 Å². The first-order valence-electron chi connectivity index (χ1n) is 10.5.